The zero-order valence-electron chi connectivity index (χ0n) is 13.6. The number of likely N-dealkylation sites (tertiary alicyclic amines) is 1. The molecule has 1 aliphatic rings. The van der Waals surface area contributed by atoms with Crippen molar-refractivity contribution in [3.8, 4) is 0 Å². The summed E-state index contributed by atoms with van der Waals surface area (Å²) in [6.07, 6.45) is 2.41. The fourth-order valence-electron chi connectivity index (χ4n) is 2.80. The van der Waals surface area contributed by atoms with E-state index in [-0.39, 0.29) is 5.91 Å². The van der Waals surface area contributed by atoms with Gasteiger partial charge in [0.1, 0.15) is 0 Å². The standard InChI is InChI=1S/C18H22N4O/c1-13-9-19-18(21-14(13)2)20-10-16-8-17(23)22(12-16)11-15-6-4-3-5-7-15/h3-7,9,16H,8,10-12H2,1-2H3,(H,19,20,21)/t16-/m1/s1. The molecule has 1 fully saturated rings. The van der Waals surface area contributed by atoms with Crippen LogP contribution in [0.15, 0.2) is 36.5 Å². The van der Waals surface area contributed by atoms with E-state index in [1.54, 1.807) is 0 Å². The maximum atomic E-state index is 12.2. The maximum absolute atomic E-state index is 12.2. The van der Waals surface area contributed by atoms with Gasteiger partial charge in [0.2, 0.25) is 11.9 Å². The van der Waals surface area contributed by atoms with Gasteiger partial charge in [-0.15, -0.1) is 0 Å². The van der Waals surface area contributed by atoms with Crippen LogP contribution in [0.4, 0.5) is 5.95 Å². The summed E-state index contributed by atoms with van der Waals surface area (Å²) < 4.78 is 0. The van der Waals surface area contributed by atoms with E-state index < -0.39 is 0 Å². The van der Waals surface area contributed by atoms with E-state index in [1.165, 1.54) is 5.56 Å². The van der Waals surface area contributed by atoms with E-state index in [0.29, 0.717) is 24.8 Å². The van der Waals surface area contributed by atoms with E-state index >= 15 is 0 Å². The molecule has 5 heteroatoms. The topological polar surface area (TPSA) is 58.1 Å². The highest BCUT2D eigenvalue weighted by atomic mass is 16.2. The van der Waals surface area contributed by atoms with E-state index in [9.17, 15) is 4.79 Å². The van der Waals surface area contributed by atoms with Crippen LogP contribution in [0, 0.1) is 19.8 Å². The Balaban J connectivity index is 1.54. The van der Waals surface area contributed by atoms with E-state index in [4.69, 9.17) is 0 Å². The lowest BCUT2D eigenvalue weighted by atomic mass is 10.1. The third kappa shape index (κ3) is 3.86. The summed E-state index contributed by atoms with van der Waals surface area (Å²) in [4.78, 5) is 22.8. The summed E-state index contributed by atoms with van der Waals surface area (Å²) in [5.74, 6) is 1.17. The van der Waals surface area contributed by atoms with Crippen molar-refractivity contribution >= 4 is 11.9 Å². The zero-order chi connectivity index (χ0) is 16.2. The van der Waals surface area contributed by atoms with Crippen molar-refractivity contribution in [3.05, 3.63) is 53.3 Å². The Hall–Kier alpha value is -2.43. The molecule has 0 spiro atoms. The predicted octanol–water partition coefficient (Wildman–Crippen LogP) is 2.55. The number of nitrogens with one attached hydrogen (secondary N) is 1. The van der Waals surface area contributed by atoms with Gasteiger partial charge < -0.3 is 10.2 Å². The molecule has 5 nitrogen and oxygen atoms in total. The van der Waals surface area contributed by atoms with Crippen LogP contribution in [0.2, 0.25) is 0 Å². The lowest BCUT2D eigenvalue weighted by molar-refractivity contribution is -0.128. The number of amides is 1. The van der Waals surface area contributed by atoms with Crippen LogP contribution in [0.1, 0.15) is 23.2 Å². The van der Waals surface area contributed by atoms with E-state index in [2.05, 4.69) is 27.4 Å². The quantitative estimate of drug-likeness (QED) is 0.922. The van der Waals surface area contributed by atoms with Crippen LogP contribution in [-0.4, -0.2) is 33.9 Å². The molecule has 1 aromatic carbocycles. The second kappa shape index (κ2) is 6.77. The monoisotopic (exact) mass is 310 g/mol. The Kier molecular flexibility index (Phi) is 4.55. The predicted molar refractivity (Wildman–Crippen MR) is 90.0 cm³/mol. The number of rotatable bonds is 5. The highest BCUT2D eigenvalue weighted by molar-refractivity contribution is 5.78. The molecule has 0 radical (unpaired) electrons. The minimum Gasteiger partial charge on any atom is -0.354 e. The number of aromatic nitrogens is 2. The van der Waals surface area contributed by atoms with Gasteiger partial charge in [0, 0.05) is 43.9 Å². The molecule has 0 aliphatic carbocycles. The van der Waals surface area contributed by atoms with Crippen molar-refractivity contribution in [1.29, 1.82) is 0 Å². The Morgan fingerprint density at radius 3 is 2.78 bits per heavy atom. The normalized spacial score (nSPS) is 17.6. The molecule has 120 valence electrons. The van der Waals surface area contributed by atoms with Gasteiger partial charge in [-0.05, 0) is 25.0 Å². The molecule has 1 saturated heterocycles. The van der Waals surface area contributed by atoms with Crippen molar-refractivity contribution in [3.63, 3.8) is 0 Å². The Labute approximate surface area is 136 Å². The smallest absolute Gasteiger partial charge is 0.223 e. The summed E-state index contributed by atoms with van der Waals surface area (Å²) in [5.41, 5.74) is 3.24. The number of carbonyl (C=O) groups excluding carboxylic acids is 1. The van der Waals surface area contributed by atoms with Crippen LogP contribution in [-0.2, 0) is 11.3 Å². The lowest BCUT2D eigenvalue weighted by Crippen LogP contribution is -2.25. The number of aryl methyl sites for hydroxylation is 2. The molecule has 1 N–H and O–H groups in total. The van der Waals surface area contributed by atoms with Gasteiger partial charge >= 0.3 is 0 Å². The molecule has 0 bridgehead atoms. The van der Waals surface area contributed by atoms with Gasteiger partial charge in [-0.3, -0.25) is 4.79 Å². The number of anilines is 1. The number of hydrogen-bond donors (Lipinski definition) is 1. The number of benzene rings is 1. The molecule has 1 aliphatic heterocycles. The van der Waals surface area contributed by atoms with Gasteiger partial charge in [-0.25, -0.2) is 9.97 Å². The molecule has 2 aromatic rings. The first-order valence-corrected chi connectivity index (χ1v) is 7.97. The molecule has 1 amide bonds. The third-order valence-corrected chi connectivity index (χ3v) is 4.28. The molecule has 0 unspecified atom stereocenters. The minimum absolute atomic E-state index is 0.224. The fraction of sp³-hybridized carbons (Fsp3) is 0.389. The molecule has 1 aromatic heterocycles. The second-order valence-corrected chi connectivity index (χ2v) is 6.17. The molecule has 23 heavy (non-hydrogen) atoms. The Morgan fingerprint density at radius 1 is 1.26 bits per heavy atom. The van der Waals surface area contributed by atoms with Crippen LogP contribution < -0.4 is 5.32 Å². The van der Waals surface area contributed by atoms with Gasteiger partial charge in [0.25, 0.3) is 0 Å². The largest absolute Gasteiger partial charge is 0.354 e. The average Bonchev–Trinajstić information content (AvgIpc) is 2.89. The Bertz CT molecular complexity index is 687. The zero-order valence-corrected chi connectivity index (χ0v) is 13.6. The van der Waals surface area contributed by atoms with Crippen LogP contribution in [0.5, 0.6) is 0 Å². The SMILES string of the molecule is Cc1cnc(NC[C@H]2CC(=O)N(Cc3ccccc3)C2)nc1C. The second-order valence-electron chi connectivity index (χ2n) is 6.17. The van der Waals surface area contributed by atoms with Crippen molar-refractivity contribution in [2.45, 2.75) is 26.8 Å². The Morgan fingerprint density at radius 2 is 2.04 bits per heavy atom. The summed E-state index contributed by atoms with van der Waals surface area (Å²) >= 11 is 0. The first-order chi connectivity index (χ1) is 11.1. The van der Waals surface area contributed by atoms with Gasteiger partial charge in [0.15, 0.2) is 0 Å². The van der Waals surface area contributed by atoms with E-state index in [0.717, 1.165) is 24.3 Å². The summed E-state index contributed by atoms with van der Waals surface area (Å²) in [7, 11) is 0. The molecule has 1 atom stereocenters. The highest BCUT2D eigenvalue weighted by Gasteiger charge is 2.29. The fourth-order valence-corrected chi connectivity index (χ4v) is 2.80. The van der Waals surface area contributed by atoms with Gasteiger partial charge in [0.05, 0.1) is 0 Å². The van der Waals surface area contributed by atoms with Crippen LogP contribution >= 0.6 is 0 Å². The van der Waals surface area contributed by atoms with E-state index in [1.807, 2.05) is 43.1 Å². The van der Waals surface area contributed by atoms with Crippen LogP contribution in [0.3, 0.4) is 0 Å². The number of carbonyl (C=O) groups is 1. The third-order valence-electron chi connectivity index (χ3n) is 4.28. The van der Waals surface area contributed by atoms with Crippen molar-refractivity contribution in [2.24, 2.45) is 5.92 Å². The molecule has 2 heterocycles. The minimum atomic E-state index is 0.224. The van der Waals surface area contributed by atoms with Crippen molar-refractivity contribution < 1.29 is 4.79 Å². The van der Waals surface area contributed by atoms with Crippen LogP contribution in [0.25, 0.3) is 0 Å². The van der Waals surface area contributed by atoms with Crippen molar-refractivity contribution in [2.75, 3.05) is 18.4 Å². The average molecular weight is 310 g/mol. The number of hydrogen-bond acceptors (Lipinski definition) is 4. The maximum Gasteiger partial charge on any atom is 0.223 e. The first-order valence-electron chi connectivity index (χ1n) is 7.97. The summed E-state index contributed by atoms with van der Waals surface area (Å²) in [6, 6.07) is 10.1. The summed E-state index contributed by atoms with van der Waals surface area (Å²) in [6.45, 7) is 6.17. The van der Waals surface area contributed by atoms with Crippen molar-refractivity contribution in [1.82, 2.24) is 14.9 Å². The lowest BCUT2D eigenvalue weighted by Gasteiger charge is -2.17. The number of nitrogens with zero attached hydrogens (tertiary/aromatic N) is 3. The molecular formula is C18H22N4O. The van der Waals surface area contributed by atoms with Gasteiger partial charge in [-0.2, -0.15) is 0 Å². The molecule has 0 saturated carbocycles. The first kappa shape index (κ1) is 15.5. The molecule has 3 rings (SSSR count). The summed E-state index contributed by atoms with van der Waals surface area (Å²) in [5, 5.41) is 3.26. The van der Waals surface area contributed by atoms with Gasteiger partial charge in [-0.1, -0.05) is 30.3 Å². The molecular weight excluding hydrogens is 288 g/mol. The highest BCUT2D eigenvalue weighted by Crippen LogP contribution is 2.20.